The molecule has 0 unspecified atom stereocenters. The first-order chi connectivity index (χ1) is 12.3. The lowest BCUT2D eigenvalue weighted by atomic mass is 9.90. The van der Waals surface area contributed by atoms with Crippen molar-refractivity contribution in [1.29, 1.82) is 0 Å². The van der Waals surface area contributed by atoms with E-state index < -0.39 is 42.4 Å². The van der Waals surface area contributed by atoms with Crippen molar-refractivity contribution in [3.05, 3.63) is 29.3 Å². The van der Waals surface area contributed by atoms with Gasteiger partial charge in [-0.2, -0.15) is 0 Å². The van der Waals surface area contributed by atoms with Gasteiger partial charge in [0.15, 0.2) is 6.10 Å². The molecule has 0 spiro atoms. The molecule has 1 aliphatic heterocycles. The topological polar surface area (TPSA) is 135 Å². The molecule has 1 fully saturated rings. The van der Waals surface area contributed by atoms with E-state index in [0.29, 0.717) is 0 Å². The van der Waals surface area contributed by atoms with Crippen LogP contribution >= 0.6 is 0 Å². The van der Waals surface area contributed by atoms with E-state index in [9.17, 15) is 24.9 Å². The maximum absolute atomic E-state index is 12.1. The Morgan fingerprint density at radius 2 is 1.96 bits per heavy atom. The molecule has 0 aliphatic carbocycles. The minimum Gasteiger partial charge on any atom is -0.479 e. The molecule has 1 aromatic rings. The number of rotatable bonds is 6. The van der Waals surface area contributed by atoms with Crippen molar-refractivity contribution in [2.24, 2.45) is 5.92 Å². The number of hydrogen-bond acceptors (Lipinski definition) is 7. The van der Waals surface area contributed by atoms with E-state index in [1.54, 1.807) is 12.1 Å². The van der Waals surface area contributed by atoms with E-state index >= 15 is 0 Å². The Labute approximate surface area is 150 Å². The van der Waals surface area contributed by atoms with E-state index in [1.807, 2.05) is 0 Å². The molecule has 1 amide bonds. The van der Waals surface area contributed by atoms with Gasteiger partial charge in [-0.3, -0.25) is 4.79 Å². The number of amides is 1. The second-order valence-corrected chi connectivity index (χ2v) is 6.06. The SMILES string of the molecule is CNC(=O)c1cc(COC)ccc1O[C@@H]1O[C@H](C(=O)O)[C@@H](O)[C@H](C)[C@H]1O. The normalized spacial score (nSPS) is 28.4. The number of aliphatic hydroxyl groups excluding tert-OH is 2. The number of aliphatic carboxylic acids is 1. The Hall–Kier alpha value is -2.20. The third-order valence-electron chi connectivity index (χ3n) is 4.26. The molecule has 1 aromatic carbocycles. The van der Waals surface area contributed by atoms with Crippen molar-refractivity contribution < 1.29 is 39.1 Å². The predicted molar refractivity (Wildman–Crippen MR) is 88.6 cm³/mol. The highest BCUT2D eigenvalue weighted by Crippen LogP contribution is 2.30. The summed E-state index contributed by atoms with van der Waals surface area (Å²) in [6.45, 7) is 1.78. The van der Waals surface area contributed by atoms with Crippen LogP contribution in [0.4, 0.5) is 0 Å². The van der Waals surface area contributed by atoms with Gasteiger partial charge in [0.1, 0.15) is 11.9 Å². The monoisotopic (exact) mass is 369 g/mol. The summed E-state index contributed by atoms with van der Waals surface area (Å²) in [7, 11) is 2.98. The first-order valence-electron chi connectivity index (χ1n) is 8.05. The Morgan fingerprint density at radius 1 is 1.27 bits per heavy atom. The largest absolute Gasteiger partial charge is 0.479 e. The average molecular weight is 369 g/mol. The number of carboxylic acid groups (broad SMARTS) is 1. The molecule has 5 atom stereocenters. The maximum Gasteiger partial charge on any atom is 0.335 e. The van der Waals surface area contributed by atoms with Crippen LogP contribution in [0.1, 0.15) is 22.8 Å². The van der Waals surface area contributed by atoms with E-state index in [1.165, 1.54) is 27.1 Å². The molecule has 9 heteroatoms. The highest BCUT2D eigenvalue weighted by molar-refractivity contribution is 5.96. The number of aliphatic hydroxyl groups is 2. The van der Waals surface area contributed by atoms with Crippen LogP contribution in [0.25, 0.3) is 0 Å². The van der Waals surface area contributed by atoms with Gasteiger partial charge in [0.2, 0.25) is 6.29 Å². The minimum absolute atomic E-state index is 0.112. The van der Waals surface area contributed by atoms with Gasteiger partial charge >= 0.3 is 5.97 Å². The zero-order valence-corrected chi connectivity index (χ0v) is 14.7. The summed E-state index contributed by atoms with van der Waals surface area (Å²) in [6.07, 6.45) is -5.57. The molecule has 0 aromatic heterocycles. The number of carbonyl (C=O) groups is 2. The lowest BCUT2D eigenvalue weighted by Gasteiger charge is -2.39. The summed E-state index contributed by atoms with van der Waals surface area (Å²) < 4.78 is 15.9. The third-order valence-corrected chi connectivity index (χ3v) is 4.26. The molecule has 0 radical (unpaired) electrons. The smallest absolute Gasteiger partial charge is 0.335 e. The van der Waals surface area contributed by atoms with Crippen molar-refractivity contribution in [2.75, 3.05) is 14.2 Å². The fraction of sp³-hybridized carbons (Fsp3) is 0.529. The lowest BCUT2D eigenvalue weighted by molar-refractivity contribution is -0.255. The molecule has 0 saturated carbocycles. The first-order valence-corrected chi connectivity index (χ1v) is 8.05. The summed E-state index contributed by atoms with van der Waals surface area (Å²) in [4.78, 5) is 23.4. The number of nitrogens with one attached hydrogen (secondary N) is 1. The fourth-order valence-corrected chi connectivity index (χ4v) is 2.71. The van der Waals surface area contributed by atoms with Gasteiger partial charge in [0.05, 0.1) is 18.3 Å². The summed E-state index contributed by atoms with van der Waals surface area (Å²) in [6, 6.07) is 4.76. The van der Waals surface area contributed by atoms with Crippen LogP contribution in [0.3, 0.4) is 0 Å². The van der Waals surface area contributed by atoms with Crippen LogP contribution in [0.15, 0.2) is 18.2 Å². The van der Waals surface area contributed by atoms with Crippen LogP contribution in [-0.4, -0.2) is 66.0 Å². The number of carbonyl (C=O) groups excluding carboxylic acids is 1. The second kappa shape index (κ2) is 8.45. The Morgan fingerprint density at radius 3 is 2.54 bits per heavy atom. The Balaban J connectivity index is 2.30. The summed E-state index contributed by atoms with van der Waals surface area (Å²) in [5, 5.41) is 31.9. The molecule has 4 N–H and O–H groups in total. The van der Waals surface area contributed by atoms with Gasteiger partial charge < -0.3 is 34.8 Å². The van der Waals surface area contributed by atoms with Gasteiger partial charge in [-0.15, -0.1) is 0 Å². The molecule has 1 saturated heterocycles. The van der Waals surface area contributed by atoms with E-state index in [2.05, 4.69) is 5.32 Å². The molecule has 26 heavy (non-hydrogen) atoms. The zero-order chi connectivity index (χ0) is 19.4. The first kappa shape index (κ1) is 20.1. The Kier molecular flexibility index (Phi) is 6.54. The second-order valence-electron chi connectivity index (χ2n) is 6.06. The zero-order valence-electron chi connectivity index (χ0n) is 14.7. The lowest BCUT2D eigenvalue weighted by Crippen LogP contribution is -2.57. The number of benzene rings is 1. The molecule has 2 rings (SSSR count). The molecule has 9 nitrogen and oxygen atoms in total. The minimum atomic E-state index is -1.55. The molecular formula is C17H23NO8. The van der Waals surface area contributed by atoms with E-state index in [0.717, 1.165) is 5.56 Å². The van der Waals surface area contributed by atoms with Crippen LogP contribution in [0, 0.1) is 5.92 Å². The fourth-order valence-electron chi connectivity index (χ4n) is 2.71. The van der Waals surface area contributed by atoms with E-state index in [-0.39, 0.29) is 17.9 Å². The van der Waals surface area contributed by atoms with Crippen molar-refractivity contribution in [1.82, 2.24) is 5.32 Å². The highest BCUT2D eigenvalue weighted by atomic mass is 16.7. The van der Waals surface area contributed by atoms with Crippen molar-refractivity contribution in [3.8, 4) is 5.75 Å². The van der Waals surface area contributed by atoms with Crippen LogP contribution < -0.4 is 10.1 Å². The Bertz CT molecular complexity index is 664. The van der Waals surface area contributed by atoms with Crippen LogP contribution in [-0.2, 0) is 20.9 Å². The van der Waals surface area contributed by atoms with Gasteiger partial charge in [-0.25, -0.2) is 4.79 Å². The van der Waals surface area contributed by atoms with E-state index in [4.69, 9.17) is 14.2 Å². The van der Waals surface area contributed by atoms with Crippen molar-refractivity contribution in [3.63, 3.8) is 0 Å². The molecule has 144 valence electrons. The number of hydrogen-bond donors (Lipinski definition) is 4. The molecule has 1 heterocycles. The van der Waals surface area contributed by atoms with Crippen molar-refractivity contribution in [2.45, 2.75) is 38.1 Å². The number of methoxy groups -OCH3 is 1. The third kappa shape index (κ3) is 4.13. The van der Waals surface area contributed by atoms with Gasteiger partial charge in [-0.05, 0) is 17.7 Å². The van der Waals surface area contributed by atoms with Gasteiger partial charge in [0, 0.05) is 20.1 Å². The number of carboxylic acids is 1. The van der Waals surface area contributed by atoms with Crippen LogP contribution in [0.5, 0.6) is 5.75 Å². The molecule has 1 aliphatic rings. The van der Waals surface area contributed by atoms with Gasteiger partial charge in [0.25, 0.3) is 5.91 Å². The average Bonchev–Trinajstić information content (AvgIpc) is 2.62. The maximum atomic E-state index is 12.1. The number of ether oxygens (including phenoxy) is 3. The standard InChI is InChI=1S/C17H23NO8/c1-8-12(19)14(16(22)23)26-17(13(8)20)25-11-5-4-9(7-24-3)6-10(11)15(21)18-2/h4-6,8,12-14,17,19-20H,7H2,1-3H3,(H,18,21)(H,22,23)/t8-,12-,13+,14-,17+/m0/s1. The quantitative estimate of drug-likeness (QED) is 0.539. The summed E-state index contributed by atoms with van der Waals surface area (Å²) >= 11 is 0. The summed E-state index contributed by atoms with van der Waals surface area (Å²) in [5.74, 6) is -2.48. The van der Waals surface area contributed by atoms with Crippen molar-refractivity contribution >= 4 is 11.9 Å². The summed E-state index contributed by atoms with van der Waals surface area (Å²) in [5.41, 5.74) is 0.916. The highest BCUT2D eigenvalue weighted by Gasteiger charge is 2.46. The molecule has 0 bridgehead atoms. The van der Waals surface area contributed by atoms with Gasteiger partial charge in [-0.1, -0.05) is 13.0 Å². The predicted octanol–water partition coefficient (Wildman–Crippen LogP) is -0.261. The molecular weight excluding hydrogens is 346 g/mol. The van der Waals surface area contributed by atoms with Crippen LogP contribution in [0.2, 0.25) is 0 Å².